The molecular formula is C58H39NS. The van der Waals surface area contributed by atoms with Crippen LogP contribution in [0.25, 0.3) is 86.6 Å². The van der Waals surface area contributed by atoms with Crippen LogP contribution in [0.3, 0.4) is 0 Å². The van der Waals surface area contributed by atoms with Gasteiger partial charge in [0.15, 0.2) is 0 Å². The van der Waals surface area contributed by atoms with E-state index in [9.17, 15) is 0 Å². The number of hydrogen-bond acceptors (Lipinski definition) is 2. The molecule has 0 atom stereocenters. The van der Waals surface area contributed by atoms with E-state index in [4.69, 9.17) is 0 Å². The van der Waals surface area contributed by atoms with E-state index in [-0.39, 0.29) is 0 Å². The number of anilines is 3. The third-order valence-electron chi connectivity index (χ3n) is 11.7. The summed E-state index contributed by atoms with van der Waals surface area (Å²) in [7, 11) is 0. The fraction of sp³-hybridized carbons (Fsp3) is 0. The second-order valence-electron chi connectivity index (χ2n) is 15.3. The number of para-hydroxylation sites is 1. The number of fused-ring (bicyclic) bond motifs is 4. The van der Waals surface area contributed by atoms with Crippen molar-refractivity contribution in [3.05, 3.63) is 237 Å². The molecule has 0 N–H and O–H groups in total. The lowest BCUT2D eigenvalue weighted by Crippen LogP contribution is -2.11. The summed E-state index contributed by atoms with van der Waals surface area (Å²) in [5.74, 6) is 0. The van der Waals surface area contributed by atoms with Crippen molar-refractivity contribution in [3.63, 3.8) is 0 Å². The molecule has 11 aromatic rings. The van der Waals surface area contributed by atoms with Crippen LogP contribution >= 0.6 is 11.3 Å². The van der Waals surface area contributed by atoms with Gasteiger partial charge in [-0.1, -0.05) is 182 Å². The third-order valence-corrected chi connectivity index (χ3v) is 12.8. The Morgan fingerprint density at radius 1 is 0.267 bits per heavy atom. The lowest BCUT2D eigenvalue weighted by molar-refractivity contribution is 1.28. The molecule has 0 radical (unpaired) electrons. The first-order chi connectivity index (χ1) is 29.7. The van der Waals surface area contributed by atoms with Crippen LogP contribution in [0, 0.1) is 0 Å². The normalized spacial score (nSPS) is 11.3. The smallest absolute Gasteiger partial charge is 0.0540 e. The van der Waals surface area contributed by atoms with Gasteiger partial charge in [0.2, 0.25) is 0 Å². The van der Waals surface area contributed by atoms with Gasteiger partial charge in [0, 0.05) is 37.1 Å². The Morgan fingerprint density at radius 3 is 1.48 bits per heavy atom. The highest BCUT2D eigenvalue weighted by atomic mass is 32.1. The molecule has 10 aromatic carbocycles. The van der Waals surface area contributed by atoms with Crippen molar-refractivity contribution in [3.8, 4) is 55.6 Å². The van der Waals surface area contributed by atoms with Gasteiger partial charge in [-0.15, -0.1) is 11.3 Å². The van der Waals surface area contributed by atoms with Gasteiger partial charge in [0.1, 0.15) is 0 Å². The highest BCUT2D eigenvalue weighted by Gasteiger charge is 2.19. The zero-order chi connectivity index (χ0) is 39.8. The molecule has 0 fully saturated rings. The van der Waals surface area contributed by atoms with E-state index in [0.29, 0.717) is 0 Å². The van der Waals surface area contributed by atoms with Crippen molar-refractivity contribution in [1.29, 1.82) is 0 Å². The van der Waals surface area contributed by atoms with E-state index in [1.54, 1.807) is 0 Å². The van der Waals surface area contributed by atoms with Crippen molar-refractivity contribution in [2.24, 2.45) is 0 Å². The maximum absolute atomic E-state index is 2.41. The minimum Gasteiger partial charge on any atom is -0.310 e. The number of nitrogens with zero attached hydrogens (tertiary/aromatic N) is 1. The molecule has 0 bridgehead atoms. The van der Waals surface area contributed by atoms with Gasteiger partial charge < -0.3 is 4.90 Å². The number of benzene rings is 10. The number of hydrogen-bond donors (Lipinski definition) is 0. The molecule has 0 saturated heterocycles. The van der Waals surface area contributed by atoms with E-state index in [0.717, 1.165) is 17.1 Å². The lowest BCUT2D eigenvalue weighted by atomic mass is 9.94. The summed E-state index contributed by atoms with van der Waals surface area (Å²) < 4.78 is 2.64. The molecule has 0 unspecified atom stereocenters. The molecule has 2 heteroatoms. The van der Waals surface area contributed by atoms with Crippen LogP contribution in [-0.4, -0.2) is 0 Å². The molecule has 0 spiro atoms. The first-order valence-corrected chi connectivity index (χ1v) is 21.3. The Labute approximate surface area is 354 Å². The molecule has 0 aliphatic carbocycles. The second-order valence-corrected chi connectivity index (χ2v) is 16.4. The molecular weight excluding hydrogens is 743 g/mol. The fourth-order valence-corrected chi connectivity index (χ4v) is 9.84. The van der Waals surface area contributed by atoms with E-state index in [2.05, 4.69) is 241 Å². The fourth-order valence-electron chi connectivity index (χ4n) is 8.69. The highest BCUT2D eigenvalue weighted by molar-refractivity contribution is 7.25. The van der Waals surface area contributed by atoms with Crippen molar-refractivity contribution in [1.82, 2.24) is 0 Å². The average molecular weight is 782 g/mol. The SMILES string of the molecule is c1ccc(-c2cccc(-c3ccc(N(c4ccc(-c5ccc6c(c5)sc5ccccc56)cc4)c4ccccc4-c4cccc(-c5cccc6ccccc56)c4)cc3)c2)cc1. The zero-order valence-corrected chi connectivity index (χ0v) is 33.7. The second kappa shape index (κ2) is 15.3. The maximum Gasteiger partial charge on any atom is 0.0540 e. The Hall–Kier alpha value is -7.52. The van der Waals surface area contributed by atoms with Gasteiger partial charge in [0.25, 0.3) is 0 Å². The van der Waals surface area contributed by atoms with E-state index >= 15 is 0 Å². The summed E-state index contributed by atoms with van der Waals surface area (Å²) in [6.45, 7) is 0. The van der Waals surface area contributed by atoms with E-state index in [1.807, 2.05) is 11.3 Å². The first kappa shape index (κ1) is 35.6. The van der Waals surface area contributed by atoms with Crippen LogP contribution in [-0.2, 0) is 0 Å². The van der Waals surface area contributed by atoms with Gasteiger partial charge in [-0.2, -0.15) is 0 Å². The monoisotopic (exact) mass is 781 g/mol. The van der Waals surface area contributed by atoms with Gasteiger partial charge in [-0.05, 0) is 115 Å². The quantitative estimate of drug-likeness (QED) is 0.148. The standard InChI is InChI=1S/C58H39NS/c1-2-13-40(14-3-1)44-17-10-18-45(37-44)41-27-32-49(33-28-41)59(50-34-29-42(30-35-50)46-31-36-55-54-23-7-9-26-57(54)60-58(55)39-46)56-25-8-6-22-53(56)48-20-11-19-47(38-48)52-24-12-16-43-15-4-5-21-51(43)52/h1-39H. The van der Waals surface area contributed by atoms with Crippen LogP contribution < -0.4 is 4.90 Å². The summed E-state index contributed by atoms with van der Waals surface area (Å²) in [5, 5.41) is 5.15. The van der Waals surface area contributed by atoms with Crippen LogP contribution in [0.4, 0.5) is 17.1 Å². The molecule has 1 heterocycles. The number of thiophene rings is 1. The minimum absolute atomic E-state index is 1.09. The van der Waals surface area contributed by atoms with Gasteiger partial charge in [-0.25, -0.2) is 0 Å². The largest absolute Gasteiger partial charge is 0.310 e. The molecule has 0 saturated carbocycles. The Bertz CT molecular complexity index is 3300. The maximum atomic E-state index is 2.41. The molecule has 1 aromatic heterocycles. The summed E-state index contributed by atoms with van der Waals surface area (Å²) in [6.07, 6.45) is 0. The molecule has 1 nitrogen and oxygen atoms in total. The average Bonchev–Trinajstić information content (AvgIpc) is 3.70. The van der Waals surface area contributed by atoms with Crippen molar-refractivity contribution < 1.29 is 0 Å². The first-order valence-electron chi connectivity index (χ1n) is 20.5. The lowest BCUT2D eigenvalue weighted by Gasteiger charge is -2.28. The van der Waals surface area contributed by atoms with Crippen molar-refractivity contribution in [2.45, 2.75) is 0 Å². The predicted octanol–water partition coefficient (Wildman–Crippen LogP) is 17.0. The Morgan fingerprint density at radius 2 is 0.733 bits per heavy atom. The van der Waals surface area contributed by atoms with Crippen molar-refractivity contribution in [2.75, 3.05) is 4.90 Å². The Kier molecular flexibility index (Phi) is 9.11. The van der Waals surface area contributed by atoms with Gasteiger partial charge >= 0.3 is 0 Å². The van der Waals surface area contributed by atoms with E-state index in [1.165, 1.54) is 86.6 Å². The van der Waals surface area contributed by atoms with Crippen LogP contribution in [0.15, 0.2) is 237 Å². The van der Waals surface area contributed by atoms with Crippen molar-refractivity contribution >= 4 is 59.3 Å². The van der Waals surface area contributed by atoms with Crippen LogP contribution in [0.1, 0.15) is 0 Å². The Balaban J connectivity index is 1.01. The summed E-state index contributed by atoms with van der Waals surface area (Å²) >= 11 is 1.86. The summed E-state index contributed by atoms with van der Waals surface area (Å²) in [6, 6.07) is 86.1. The summed E-state index contributed by atoms with van der Waals surface area (Å²) in [4.78, 5) is 2.41. The van der Waals surface area contributed by atoms with Crippen LogP contribution in [0.5, 0.6) is 0 Å². The predicted molar refractivity (Wildman–Crippen MR) is 259 cm³/mol. The third kappa shape index (κ3) is 6.63. The molecule has 11 rings (SSSR count). The highest BCUT2D eigenvalue weighted by Crippen LogP contribution is 2.44. The summed E-state index contributed by atoms with van der Waals surface area (Å²) in [5.41, 5.74) is 15.3. The molecule has 282 valence electrons. The topological polar surface area (TPSA) is 3.24 Å². The zero-order valence-electron chi connectivity index (χ0n) is 32.9. The van der Waals surface area contributed by atoms with Crippen LogP contribution in [0.2, 0.25) is 0 Å². The minimum atomic E-state index is 1.09. The number of rotatable bonds is 8. The molecule has 0 amide bonds. The molecule has 0 aliphatic heterocycles. The van der Waals surface area contributed by atoms with Gasteiger partial charge in [-0.3, -0.25) is 0 Å². The van der Waals surface area contributed by atoms with E-state index < -0.39 is 0 Å². The molecule has 60 heavy (non-hydrogen) atoms. The molecule has 0 aliphatic rings. The van der Waals surface area contributed by atoms with Gasteiger partial charge in [0.05, 0.1) is 5.69 Å².